The highest BCUT2D eigenvalue weighted by molar-refractivity contribution is 6.10. The van der Waals surface area contributed by atoms with Crippen molar-refractivity contribution in [1.82, 2.24) is 10.5 Å². The van der Waals surface area contributed by atoms with Gasteiger partial charge in [-0.3, -0.25) is 9.59 Å². The Morgan fingerprint density at radius 2 is 1.65 bits per heavy atom. The SMILES string of the molecule is O=C(NCCc1ccccc1)[C@H]1CN(C(=O)c2conc2-c2ccccc2)c2ccccc2O1. The van der Waals surface area contributed by atoms with Crippen LogP contribution in [-0.2, 0) is 11.2 Å². The molecule has 2 heterocycles. The number of carbonyl (C=O) groups excluding carboxylic acids is 2. The molecule has 0 spiro atoms. The van der Waals surface area contributed by atoms with Crippen molar-refractivity contribution in [3.63, 3.8) is 0 Å². The van der Waals surface area contributed by atoms with Gasteiger partial charge in [-0.05, 0) is 24.1 Å². The second kappa shape index (κ2) is 9.62. The Kier molecular flexibility index (Phi) is 6.07. The first kappa shape index (κ1) is 21.5. The van der Waals surface area contributed by atoms with Crippen LogP contribution in [0.5, 0.6) is 5.75 Å². The van der Waals surface area contributed by atoms with Crippen molar-refractivity contribution in [2.45, 2.75) is 12.5 Å². The Balaban J connectivity index is 1.36. The number of para-hydroxylation sites is 2. The van der Waals surface area contributed by atoms with E-state index in [0.717, 1.165) is 11.1 Å². The van der Waals surface area contributed by atoms with E-state index < -0.39 is 6.10 Å². The topological polar surface area (TPSA) is 84.7 Å². The predicted octanol–water partition coefficient (Wildman–Crippen LogP) is 4.11. The van der Waals surface area contributed by atoms with Crippen molar-refractivity contribution >= 4 is 17.5 Å². The highest BCUT2D eigenvalue weighted by atomic mass is 16.5. The average Bonchev–Trinajstić information content (AvgIpc) is 3.39. The molecule has 7 nitrogen and oxygen atoms in total. The average molecular weight is 453 g/mol. The number of amides is 2. The molecule has 0 saturated heterocycles. The van der Waals surface area contributed by atoms with Gasteiger partial charge < -0.3 is 19.5 Å². The monoisotopic (exact) mass is 453 g/mol. The van der Waals surface area contributed by atoms with E-state index in [1.54, 1.807) is 17.0 Å². The molecular weight excluding hydrogens is 430 g/mol. The number of fused-ring (bicyclic) bond motifs is 1. The Hall–Kier alpha value is -4.39. The maximum atomic E-state index is 13.6. The lowest BCUT2D eigenvalue weighted by molar-refractivity contribution is -0.127. The van der Waals surface area contributed by atoms with Crippen LogP contribution in [0.3, 0.4) is 0 Å². The lowest BCUT2D eigenvalue weighted by atomic mass is 10.1. The molecule has 1 aliphatic rings. The summed E-state index contributed by atoms with van der Waals surface area (Å²) < 4.78 is 11.1. The molecule has 7 heteroatoms. The molecule has 34 heavy (non-hydrogen) atoms. The third kappa shape index (κ3) is 4.41. The second-order valence-corrected chi connectivity index (χ2v) is 7.96. The summed E-state index contributed by atoms with van der Waals surface area (Å²) in [6.45, 7) is 0.550. The van der Waals surface area contributed by atoms with Crippen LogP contribution in [0.25, 0.3) is 11.3 Å². The maximum absolute atomic E-state index is 13.6. The Morgan fingerprint density at radius 3 is 2.44 bits per heavy atom. The van der Waals surface area contributed by atoms with Crippen LogP contribution in [0.15, 0.2) is 95.7 Å². The van der Waals surface area contributed by atoms with E-state index in [4.69, 9.17) is 9.26 Å². The van der Waals surface area contributed by atoms with Gasteiger partial charge in [0.15, 0.2) is 6.10 Å². The third-order valence-electron chi connectivity index (χ3n) is 5.71. The van der Waals surface area contributed by atoms with Crippen molar-refractivity contribution in [1.29, 1.82) is 0 Å². The standard InChI is InChI=1S/C27H23N3O4/c31-26(28-16-15-19-9-3-1-4-10-19)24-17-30(22-13-7-8-14-23(22)34-24)27(32)21-18-33-29-25(21)20-11-5-2-6-12-20/h1-14,18,24H,15-17H2,(H,28,31)/t24-/m1/s1. The summed E-state index contributed by atoms with van der Waals surface area (Å²) in [4.78, 5) is 28.1. The first-order chi connectivity index (χ1) is 16.7. The number of hydrogen-bond donors (Lipinski definition) is 1. The number of aromatic nitrogens is 1. The normalized spacial score (nSPS) is 14.7. The third-order valence-corrected chi connectivity index (χ3v) is 5.71. The molecule has 0 fully saturated rings. The number of rotatable bonds is 6. The van der Waals surface area contributed by atoms with Gasteiger partial charge in [0.2, 0.25) is 0 Å². The molecule has 0 unspecified atom stereocenters. The summed E-state index contributed by atoms with van der Waals surface area (Å²) in [5.41, 5.74) is 3.29. The van der Waals surface area contributed by atoms with Crippen LogP contribution in [-0.4, -0.2) is 36.2 Å². The molecule has 3 aromatic carbocycles. The van der Waals surface area contributed by atoms with Gasteiger partial charge in [-0.1, -0.05) is 78.0 Å². The fourth-order valence-corrected chi connectivity index (χ4v) is 3.99. The number of nitrogens with zero attached hydrogens (tertiary/aromatic N) is 2. The molecule has 0 bridgehead atoms. The van der Waals surface area contributed by atoms with Gasteiger partial charge in [0.25, 0.3) is 11.8 Å². The van der Waals surface area contributed by atoms with E-state index in [1.165, 1.54) is 6.26 Å². The van der Waals surface area contributed by atoms with Crippen molar-refractivity contribution < 1.29 is 18.8 Å². The van der Waals surface area contributed by atoms with Crippen molar-refractivity contribution in [3.8, 4) is 17.0 Å². The fourth-order valence-electron chi connectivity index (χ4n) is 3.99. The van der Waals surface area contributed by atoms with E-state index in [9.17, 15) is 9.59 Å². The molecule has 1 aliphatic heterocycles. The molecule has 170 valence electrons. The van der Waals surface area contributed by atoms with Crippen LogP contribution >= 0.6 is 0 Å². The lowest BCUT2D eigenvalue weighted by Gasteiger charge is -2.34. The van der Waals surface area contributed by atoms with E-state index in [1.807, 2.05) is 72.8 Å². The highest BCUT2D eigenvalue weighted by Gasteiger charge is 2.35. The summed E-state index contributed by atoms with van der Waals surface area (Å²) in [5, 5.41) is 6.98. The van der Waals surface area contributed by atoms with Gasteiger partial charge in [0, 0.05) is 12.1 Å². The van der Waals surface area contributed by atoms with E-state index in [-0.39, 0.29) is 18.4 Å². The van der Waals surface area contributed by atoms with E-state index in [2.05, 4.69) is 10.5 Å². The Morgan fingerprint density at radius 1 is 0.941 bits per heavy atom. The Bertz CT molecular complexity index is 1290. The first-order valence-corrected chi connectivity index (χ1v) is 11.1. The van der Waals surface area contributed by atoms with Gasteiger partial charge in [-0.25, -0.2) is 0 Å². The minimum atomic E-state index is -0.838. The van der Waals surface area contributed by atoms with Gasteiger partial charge in [0.1, 0.15) is 23.3 Å². The largest absolute Gasteiger partial charge is 0.477 e. The first-order valence-electron chi connectivity index (χ1n) is 11.1. The smallest absolute Gasteiger partial charge is 0.264 e. The van der Waals surface area contributed by atoms with Crippen LogP contribution in [0, 0.1) is 0 Å². The lowest BCUT2D eigenvalue weighted by Crippen LogP contribution is -2.51. The van der Waals surface area contributed by atoms with E-state index in [0.29, 0.717) is 35.7 Å². The molecule has 1 aromatic heterocycles. The summed E-state index contributed by atoms with van der Waals surface area (Å²) >= 11 is 0. The molecule has 0 radical (unpaired) electrons. The van der Waals surface area contributed by atoms with Gasteiger partial charge in [-0.15, -0.1) is 0 Å². The van der Waals surface area contributed by atoms with Crippen molar-refractivity contribution in [2.24, 2.45) is 0 Å². The molecule has 0 saturated carbocycles. The van der Waals surface area contributed by atoms with Crippen LogP contribution < -0.4 is 15.0 Å². The second-order valence-electron chi connectivity index (χ2n) is 7.96. The molecule has 4 aromatic rings. The zero-order valence-electron chi connectivity index (χ0n) is 18.4. The molecule has 0 aliphatic carbocycles. The molecule has 1 N–H and O–H groups in total. The summed E-state index contributed by atoms with van der Waals surface area (Å²) in [5.74, 6) is -0.0993. The zero-order chi connectivity index (χ0) is 23.3. The van der Waals surface area contributed by atoms with Crippen LogP contribution in [0.1, 0.15) is 15.9 Å². The van der Waals surface area contributed by atoms with E-state index >= 15 is 0 Å². The predicted molar refractivity (Wildman–Crippen MR) is 128 cm³/mol. The summed E-state index contributed by atoms with van der Waals surface area (Å²) in [6, 6.07) is 26.5. The molecule has 1 atom stereocenters. The van der Waals surface area contributed by atoms with Crippen LogP contribution in [0.2, 0.25) is 0 Å². The quantitative estimate of drug-likeness (QED) is 0.475. The number of benzene rings is 3. The number of hydrogen-bond acceptors (Lipinski definition) is 5. The van der Waals surface area contributed by atoms with Gasteiger partial charge in [0.05, 0.1) is 12.2 Å². The zero-order valence-corrected chi connectivity index (χ0v) is 18.4. The summed E-state index contributed by atoms with van der Waals surface area (Å²) in [7, 11) is 0. The number of ether oxygens (including phenoxy) is 1. The maximum Gasteiger partial charge on any atom is 0.264 e. The number of anilines is 1. The Labute approximate surface area is 196 Å². The molecule has 2 amide bonds. The van der Waals surface area contributed by atoms with Gasteiger partial charge in [-0.2, -0.15) is 0 Å². The summed E-state index contributed by atoms with van der Waals surface area (Å²) in [6.07, 6.45) is 1.21. The van der Waals surface area contributed by atoms with Crippen molar-refractivity contribution in [3.05, 3.63) is 102 Å². The van der Waals surface area contributed by atoms with Crippen LogP contribution in [0.4, 0.5) is 5.69 Å². The fraction of sp³-hybridized carbons (Fsp3) is 0.148. The minimum absolute atomic E-state index is 0.0758. The molecular formula is C27H23N3O4. The highest BCUT2D eigenvalue weighted by Crippen LogP contribution is 2.35. The molecule has 5 rings (SSSR count). The van der Waals surface area contributed by atoms with Crippen molar-refractivity contribution in [2.75, 3.05) is 18.0 Å². The number of carbonyl (C=O) groups is 2. The number of nitrogens with one attached hydrogen (secondary N) is 1. The van der Waals surface area contributed by atoms with Gasteiger partial charge >= 0.3 is 0 Å². The minimum Gasteiger partial charge on any atom is -0.477 e.